The maximum Gasteiger partial charge on any atom is 0.103 e. The second-order valence-corrected chi connectivity index (χ2v) is 5.46. The number of hydrogen-bond acceptors (Lipinski definition) is 3. The summed E-state index contributed by atoms with van der Waals surface area (Å²) in [6, 6.07) is 8.43. The number of likely N-dealkylation sites (N-methyl/N-ethyl adjacent to an activating group) is 2. The molecule has 102 valence electrons. The van der Waals surface area contributed by atoms with E-state index in [-0.39, 0.29) is 0 Å². The van der Waals surface area contributed by atoms with Gasteiger partial charge in [-0.3, -0.25) is 4.90 Å². The van der Waals surface area contributed by atoms with Gasteiger partial charge >= 0.3 is 0 Å². The van der Waals surface area contributed by atoms with E-state index in [1.54, 1.807) is 6.07 Å². The lowest BCUT2D eigenvalue weighted by Crippen LogP contribution is -2.39. The standard InChI is InChI=1S/C15H20ClN3/c1-3-19-9-5-6-12(19)11-18(2)15-8-4-7-14(16)13(15)10-17/h4,7-8,12H,3,5-6,9,11H2,1-2H3. The summed E-state index contributed by atoms with van der Waals surface area (Å²) in [4.78, 5) is 4.66. The smallest absolute Gasteiger partial charge is 0.103 e. The molecule has 0 spiro atoms. The van der Waals surface area contributed by atoms with Gasteiger partial charge in [0.2, 0.25) is 0 Å². The number of anilines is 1. The van der Waals surface area contributed by atoms with Crippen LogP contribution in [-0.2, 0) is 0 Å². The number of halogens is 1. The Balaban J connectivity index is 2.14. The van der Waals surface area contributed by atoms with Crippen molar-refractivity contribution in [3.05, 3.63) is 28.8 Å². The van der Waals surface area contributed by atoms with Crippen molar-refractivity contribution >= 4 is 17.3 Å². The highest BCUT2D eigenvalue weighted by molar-refractivity contribution is 6.32. The SMILES string of the molecule is CCN1CCCC1CN(C)c1cccc(Cl)c1C#N. The van der Waals surface area contributed by atoms with Crippen LogP contribution >= 0.6 is 11.6 Å². The third-order valence-electron chi connectivity index (χ3n) is 3.90. The highest BCUT2D eigenvalue weighted by atomic mass is 35.5. The normalized spacial score (nSPS) is 19.4. The molecule has 0 saturated carbocycles. The molecule has 0 bridgehead atoms. The van der Waals surface area contributed by atoms with E-state index in [0.29, 0.717) is 16.6 Å². The minimum absolute atomic E-state index is 0.533. The van der Waals surface area contributed by atoms with Crippen molar-refractivity contribution in [2.24, 2.45) is 0 Å². The van der Waals surface area contributed by atoms with Crippen molar-refractivity contribution in [3.63, 3.8) is 0 Å². The summed E-state index contributed by atoms with van der Waals surface area (Å²) in [5, 5.41) is 9.77. The van der Waals surface area contributed by atoms with E-state index in [1.165, 1.54) is 19.4 Å². The van der Waals surface area contributed by atoms with Gasteiger partial charge in [0.1, 0.15) is 6.07 Å². The second kappa shape index (κ2) is 6.27. The van der Waals surface area contributed by atoms with E-state index in [1.807, 2.05) is 19.2 Å². The monoisotopic (exact) mass is 277 g/mol. The van der Waals surface area contributed by atoms with Gasteiger partial charge in [0.25, 0.3) is 0 Å². The Kier molecular flexibility index (Phi) is 4.68. The molecular weight excluding hydrogens is 258 g/mol. The molecule has 4 heteroatoms. The van der Waals surface area contributed by atoms with Crippen molar-refractivity contribution in [2.75, 3.05) is 31.6 Å². The van der Waals surface area contributed by atoms with Gasteiger partial charge in [-0.05, 0) is 38.1 Å². The summed E-state index contributed by atoms with van der Waals surface area (Å²) >= 11 is 6.09. The fourth-order valence-electron chi connectivity index (χ4n) is 2.87. The maximum atomic E-state index is 9.24. The molecule has 3 nitrogen and oxygen atoms in total. The van der Waals surface area contributed by atoms with Crippen LogP contribution < -0.4 is 4.90 Å². The number of nitrogens with zero attached hydrogens (tertiary/aromatic N) is 3. The van der Waals surface area contributed by atoms with Crippen LogP contribution in [0.4, 0.5) is 5.69 Å². The summed E-state index contributed by atoms with van der Waals surface area (Å²) in [6.07, 6.45) is 2.51. The van der Waals surface area contributed by atoms with Crippen molar-refractivity contribution in [1.82, 2.24) is 4.90 Å². The zero-order valence-electron chi connectivity index (χ0n) is 11.6. The summed E-state index contributed by atoms with van der Waals surface area (Å²) in [5.41, 5.74) is 1.51. The van der Waals surface area contributed by atoms with E-state index >= 15 is 0 Å². The molecule has 1 fully saturated rings. The lowest BCUT2D eigenvalue weighted by Gasteiger charge is -2.29. The molecule has 2 rings (SSSR count). The summed E-state index contributed by atoms with van der Waals surface area (Å²) < 4.78 is 0. The van der Waals surface area contributed by atoms with Crippen LogP contribution in [0.25, 0.3) is 0 Å². The summed E-state index contributed by atoms with van der Waals surface area (Å²) in [7, 11) is 2.04. The Bertz CT molecular complexity index is 481. The number of hydrogen-bond donors (Lipinski definition) is 0. The Morgan fingerprint density at radius 1 is 1.53 bits per heavy atom. The van der Waals surface area contributed by atoms with Gasteiger partial charge in [-0.25, -0.2) is 0 Å². The average Bonchev–Trinajstić information content (AvgIpc) is 2.85. The topological polar surface area (TPSA) is 30.3 Å². The van der Waals surface area contributed by atoms with Gasteiger partial charge in [0.05, 0.1) is 16.3 Å². The molecule has 1 unspecified atom stereocenters. The zero-order valence-corrected chi connectivity index (χ0v) is 12.3. The van der Waals surface area contributed by atoms with Gasteiger partial charge in [-0.1, -0.05) is 24.6 Å². The Morgan fingerprint density at radius 2 is 2.32 bits per heavy atom. The lowest BCUT2D eigenvalue weighted by atomic mass is 10.1. The minimum Gasteiger partial charge on any atom is -0.372 e. The van der Waals surface area contributed by atoms with Crippen LogP contribution in [0.1, 0.15) is 25.3 Å². The number of benzene rings is 1. The molecule has 1 aromatic carbocycles. The summed E-state index contributed by atoms with van der Waals surface area (Å²) in [6.45, 7) is 5.44. The second-order valence-electron chi connectivity index (χ2n) is 5.05. The molecule has 0 aromatic heterocycles. The van der Waals surface area contributed by atoms with Crippen molar-refractivity contribution in [1.29, 1.82) is 5.26 Å². The zero-order chi connectivity index (χ0) is 13.8. The molecule has 0 radical (unpaired) electrons. The number of likely N-dealkylation sites (tertiary alicyclic amines) is 1. The first kappa shape index (κ1) is 14.2. The van der Waals surface area contributed by atoms with Gasteiger partial charge < -0.3 is 4.90 Å². The molecule has 19 heavy (non-hydrogen) atoms. The predicted octanol–water partition coefficient (Wildman–Crippen LogP) is 3.13. The van der Waals surface area contributed by atoms with E-state index in [2.05, 4.69) is 22.8 Å². The summed E-state index contributed by atoms with van der Waals surface area (Å²) in [5.74, 6) is 0. The third kappa shape index (κ3) is 3.02. The maximum absolute atomic E-state index is 9.24. The van der Waals surface area contributed by atoms with Crippen LogP contribution in [0.3, 0.4) is 0 Å². The van der Waals surface area contributed by atoms with E-state index in [0.717, 1.165) is 18.8 Å². The van der Waals surface area contributed by atoms with E-state index < -0.39 is 0 Å². The highest BCUT2D eigenvalue weighted by Gasteiger charge is 2.24. The van der Waals surface area contributed by atoms with Crippen molar-refractivity contribution < 1.29 is 0 Å². The first-order chi connectivity index (χ1) is 9.17. The Hall–Kier alpha value is -1.24. The van der Waals surface area contributed by atoms with Crippen molar-refractivity contribution in [2.45, 2.75) is 25.8 Å². The van der Waals surface area contributed by atoms with Gasteiger partial charge in [0, 0.05) is 19.6 Å². The van der Waals surface area contributed by atoms with Gasteiger partial charge in [-0.15, -0.1) is 0 Å². The van der Waals surface area contributed by atoms with E-state index in [9.17, 15) is 5.26 Å². The molecule has 1 aliphatic heterocycles. The molecule has 1 saturated heterocycles. The van der Waals surface area contributed by atoms with Crippen molar-refractivity contribution in [3.8, 4) is 6.07 Å². The molecule has 1 heterocycles. The quantitative estimate of drug-likeness (QED) is 0.847. The van der Waals surface area contributed by atoms with Gasteiger partial charge in [-0.2, -0.15) is 5.26 Å². The van der Waals surface area contributed by atoms with Crippen LogP contribution in [-0.4, -0.2) is 37.6 Å². The minimum atomic E-state index is 0.533. The fraction of sp³-hybridized carbons (Fsp3) is 0.533. The number of rotatable bonds is 4. The van der Waals surface area contributed by atoms with E-state index in [4.69, 9.17) is 11.6 Å². The molecule has 0 aliphatic carbocycles. The number of nitriles is 1. The van der Waals surface area contributed by atoms with Gasteiger partial charge in [0.15, 0.2) is 0 Å². The Morgan fingerprint density at radius 3 is 3.00 bits per heavy atom. The molecule has 0 N–H and O–H groups in total. The molecule has 1 aliphatic rings. The molecule has 1 aromatic rings. The fourth-order valence-corrected chi connectivity index (χ4v) is 3.09. The Labute approximate surface area is 120 Å². The first-order valence-electron chi connectivity index (χ1n) is 6.81. The third-order valence-corrected chi connectivity index (χ3v) is 4.22. The van der Waals surface area contributed by atoms with Crippen LogP contribution in [0.5, 0.6) is 0 Å². The lowest BCUT2D eigenvalue weighted by molar-refractivity contribution is 0.270. The molecular formula is C15H20ClN3. The van der Waals surface area contributed by atoms with Crippen LogP contribution in [0.15, 0.2) is 18.2 Å². The molecule has 1 atom stereocenters. The van der Waals surface area contributed by atoms with Crippen LogP contribution in [0.2, 0.25) is 5.02 Å². The molecule has 0 amide bonds. The predicted molar refractivity (Wildman–Crippen MR) is 79.7 cm³/mol. The van der Waals surface area contributed by atoms with Crippen LogP contribution in [0, 0.1) is 11.3 Å². The highest BCUT2D eigenvalue weighted by Crippen LogP contribution is 2.27. The average molecular weight is 278 g/mol. The largest absolute Gasteiger partial charge is 0.372 e. The first-order valence-corrected chi connectivity index (χ1v) is 7.19.